The van der Waals surface area contributed by atoms with Gasteiger partial charge in [-0.05, 0) is 39.5 Å². The van der Waals surface area contributed by atoms with Crippen molar-refractivity contribution in [1.29, 1.82) is 0 Å². The summed E-state index contributed by atoms with van der Waals surface area (Å²) >= 11 is 0. The number of hydrogen-bond acceptors (Lipinski definition) is 1. The van der Waals surface area contributed by atoms with E-state index in [0.717, 1.165) is 12.8 Å². The number of rotatable bonds is 6. The molecule has 88 valence electrons. The average molecular weight is 211 g/mol. The largest absolute Gasteiger partial charge is 0.354 e. The summed E-state index contributed by atoms with van der Waals surface area (Å²) in [5.74, 6) is 0.853. The third kappa shape index (κ3) is 9.51. The van der Waals surface area contributed by atoms with Gasteiger partial charge in [0.15, 0.2) is 0 Å². The molecule has 0 aliphatic carbocycles. The Hall–Kier alpha value is -0.790. The molecular weight excluding hydrogens is 186 g/mol. The number of carbonyl (C=O) groups is 1. The summed E-state index contributed by atoms with van der Waals surface area (Å²) in [5, 5.41) is 2.90. The maximum Gasteiger partial charge on any atom is 0.220 e. The minimum Gasteiger partial charge on any atom is -0.354 e. The maximum absolute atomic E-state index is 11.4. The second kappa shape index (κ2) is 7.49. The highest BCUT2D eigenvalue weighted by molar-refractivity contribution is 5.76. The lowest BCUT2D eigenvalue weighted by Crippen LogP contribution is -2.29. The number of allylic oxidation sites excluding steroid dienone is 2. The van der Waals surface area contributed by atoms with Gasteiger partial charge in [-0.2, -0.15) is 0 Å². The van der Waals surface area contributed by atoms with Gasteiger partial charge in [-0.15, -0.1) is 0 Å². The SMILES string of the molecule is C/C(=C/CC(C)C)CCC(=O)NC(C)C. The molecular formula is C13H25NO. The topological polar surface area (TPSA) is 29.1 Å². The second-order valence-electron chi connectivity index (χ2n) is 4.90. The van der Waals surface area contributed by atoms with Crippen LogP contribution in [0.1, 0.15) is 53.9 Å². The molecule has 0 heterocycles. The number of nitrogens with one attached hydrogen (secondary N) is 1. The Bertz CT molecular complexity index is 217. The molecule has 0 unspecified atom stereocenters. The molecule has 0 saturated heterocycles. The first-order chi connectivity index (χ1) is 6.91. The Kier molecular flexibility index (Phi) is 7.10. The summed E-state index contributed by atoms with van der Waals surface area (Å²) in [4.78, 5) is 11.4. The fraction of sp³-hybridized carbons (Fsp3) is 0.769. The van der Waals surface area contributed by atoms with Gasteiger partial charge in [0.25, 0.3) is 0 Å². The van der Waals surface area contributed by atoms with E-state index < -0.39 is 0 Å². The molecule has 0 bridgehead atoms. The van der Waals surface area contributed by atoms with E-state index in [1.54, 1.807) is 0 Å². The molecule has 1 amide bonds. The lowest BCUT2D eigenvalue weighted by atomic mass is 10.1. The molecule has 0 aliphatic rings. The lowest BCUT2D eigenvalue weighted by Gasteiger charge is -2.08. The number of carbonyl (C=O) groups excluding carboxylic acids is 1. The molecule has 0 aliphatic heterocycles. The quantitative estimate of drug-likeness (QED) is 0.671. The normalized spacial score (nSPS) is 12.3. The summed E-state index contributed by atoms with van der Waals surface area (Å²) in [6.07, 6.45) is 4.84. The van der Waals surface area contributed by atoms with Crippen LogP contribution in [-0.2, 0) is 4.79 Å². The summed E-state index contributed by atoms with van der Waals surface area (Å²) in [6.45, 7) is 10.5. The van der Waals surface area contributed by atoms with Gasteiger partial charge < -0.3 is 5.32 Å². The molecule has 0 aromatic carbocycles. The molecule has 0 spiro atoms. The molecule has 0 fully saturated rings. The van der Waals surface area contributed by atoms with Gasteiger partial charge in [-0.25, -0.2) is 0 Å². The first kappa shape index (κ1) is 14.2. The molecule has 15 heavy (non-hydrogen) atoms. The minimum atomic E-state index is 0.155. The Morgan fingerprint density at radius 3 is 2.27 bits per heavy atom. The van der Waals surface area contributed by atoms with E-state index in [-0.39, 0.29) is 11.9 Å². The van der Waals surface area contributed by atoms with E-state index in [2.05, 4.69) is 32.2 Å². The molecule has 1 N–H and O–H groups in total. The van der Waals surface area contributed by atoms with E-state index in [1.807, 2.05) is 13.8 Å². The van der Waals surface area contributed by atoms with Gasteiger partial charge in [0.2, 0.25) is 5.91 Å². The van der Waals surface area contributed by atoms with Crippen LogP contribution < -0.4 is 5.32 Å². The first-order valence-electron chi connectivity index (χ1n) is 5.86. The van der Waals surface area contributed by atoms with Crippen molar-refractivity contribution in [2.45, 2.75) is 59.9 Å². The van der Waals surface area contributed by atoms with Crippen LogP contribution in [0.15, 0.2) is 11.6 Å². The molecule has 2 nitrogen and oxygen atoms in total. The van der Waals surface area contributed by atoms with Gasteiger partial charge in [0, 0.05) is 12.5 Å². The zero-order valence-corrected chi connectivity index (χ0v) is 10.8. The molecule has 0 atom stereocenters. The second-order valence-corrected chi connectivity index (χ2v) is 4.90. The minimum absolute atomic E-state index is 0.155. The van der Waals surface area contributed by atoms with Crippen molar-refractivity contribution < 1.29 is 4.79 Å². The maximum atomic E-state index is 11.4. The van der Waals surface area contributed by atoms with Gasteiger partial charge in [-0.1, -0.05) is 25.5 Å². The lowest BCUT2D eigenvalue weighted by molar-refractivity contribution is -0.121. The van der Waals surface area contributed by atoms with Gasteiger partial charge in [0.1, 0.15) is 0 Å². The highest BCUT2D eigenvalue weighted by atomic mass is 16.1. The van der Waals surface area contributed by atoms with E-state index in [9.17, 15) is 4.79 Å². The van der Waals surface area contributed by atoms with Crippen LogP contribution in [0.25, 0.3) is 0 Å². The van der Waals surface area contributed by atoms with Crippen LogP contribution in [-0.4, -0.2) is 11.9 Å². The highest BCUT2D eigenvalue weighted by Crippen LogP contribution is 2.09. The Morgan fingerprint density at radius 1 is 1.20 bits per heavy atom. The van der Waals surface area contributed by atoms with Crippen molar-refractivity contribution in [3.8, 4) is 0 Å². The Balaban J connectivity index is 3.75. The molecule has 0 aromatic rings. The van der Waals surface area contributed by atoms with E-state index in [4.69, 9.17) is 0 Å². The monoisotopic (exact) mass is 211 g/mol. The van der Waals surface area contributed by atoms with Crippen LogP contribution in [0.5, 0.6) is 0 Å². The molecule has 2 heteroatoms. The van der Waals surface area contributed by atoms with Crippen LogP contribution in [0.3, 0.4) is 0 Å². The third-order valence-electron chi connectivity index (χ3n) is 2.13. The van der Waals surface area contributed by atoms with Crippen molar-refractivity contribution in [2.75, 3.05) is 0 Å². The standard InChI is InChI=1S/C13H25NO/c1-10(2)6-7-12(5)8-9-13(15)14-11(3)4/h7,10-11H,6,8-9H2,1-5H3,(H,14,15)/b12-7-. The fourth-order valence-corrected chi connectivity index (χ4v) is 1.24. The Labute approximate surface area is 94.1 Å². The number of hydrogen-bond donors (Lipinski definition) is 1. The predicted molar refractivity (Wildman–Crippen MR) is 65.7 cm³/mol. The van der Waals surface area contributed by atoms with Gasteiger partial charge >= 0.3 is 0 Å². The smallest absolute Gasteiger partial charge is 0.220 e. The summed E-state index contributed by atoms with van der Waals surface area (Å²) in [5.41, 5.74) is 1.32. The summed E-state index contributed by atoms with van der Waals surface area (Å²) in [7, 11) is 0. The van der Waals surface area contributed by atoms with Gasteiger partial charge in [-0.3, -0.25) is 4.79 Å². The van der Waals surface area contributed by atoms with Crippen LogP contribution in [0.4, 0.5) is 0 Å². The predicted octanol–water partition coefficient (Wildman–Crippen LogP) is 3.28. The zero-order chi connectivity index (χ0) is 11.8. The fourth-order valence-electron chi connectivity index (χ4n) is 1.24. The Morgan fingerprint density at radius 2 is 1.80 bits per heavy atom. The summed E-state index contributed by atoms with van der Waals surface area (Å²) in [6, 6.07) is 0.248. The van der Waals surface area contributed by atoms with Crippen LogP contribution >= 0.6 is 0 Å². The molecule has 0 aromatic heterocycles. The van der Waals surface area contributed by atoms with E-state index in [1.165, 1.54) is 5.57 Å². The first-order valence-corrected chi connectivity index (χ1v) is 5.86. The molecule has 0 rings (SSSR count). The summed E-state index contributed by atoms with van der Waals surface area (Å²) < 4.78 is 0. The van der Waals surface area contributed by atoms with Gasteiger partial charge in [0.05, 0.1) is 0 Å². The zero-order valence-electron chi connectivity index (χ0n) is 10.8. The van der Waals surface area contributed by atoms with E-state index in [0.29, 0.717) is 12.3 Å². The molecule has 0 radical (unpaired) electrons. The van der Waals surface area contributed by atoms with Crippen molar-refractivity contribution >= 4 is 5.91 Å². The van der Waals surface area contributed by atoms with Crippen molar-refractivity contribution in [3.63, 3.8) is 0 Å². The van der Waals surface area contributed by atoms with Crippen LogP contribution in [0, 0.1) is 5.92 Å². The number of amides is 1. The highest BCUT2D eigenvalue weighted by Gasteiger charge is 2.03. The van der Waals surface area contributed by atoms with Crippen molar-refractivity contribution in [2.24, 2.45) is 5.92 Å². The van der Waals surface area contributed by atoms with Crippen LogP contribution in [0.2, 0.25) is 0 Å². The van der Waals surface area contributed by atoms with Crippen molar-refractivity contribution in [1.82, 2.24) is 5.32 Å². The molecule has 0 saturated carbocycles. The average Bonchev–Trinajstić information content (AvgIpc) is 2.10. The van der Waals surface area contributed by atoms with Crippen molar-refractivity contribution in [3.05, 3.63) is 11.6 Å². The third-order valence-corrected chi connectivity index (χ3v) is 2.13. The van der Waals surface area contributed by atoms with E-state index >= 15 is 0 Å².